The molecule has 0 saturated carbocycles. The third-order valence-electron chi connectivity index (χ3n) is 3.72. The summed E-state index contributed by atoms with van der Waals surface area (Å²) >= 11 is 0. The number of esters is 1. The quantitative estimate of drug-likeness (QED) is 0.621. The molecule has 1 aliphatic rings. The zero-order chi connectivity index (χ0) is 17.1. The van der Waals surface area contributed by atoms with E-state index in [4.69, 9.17) is 9.57 Å². The van der Waals surface area contributed by atoms with Gasteiger partial charge in [-0.25, -0.2) is 9.63 Å². The molecule has 1 atom stereocenters. The fraction of sp³-hybridized carbons (Fsp3) is 0.167. The van der Waals surface area contributed by atoms with Crippen LogP contribution in [0.5, 0.6) is 0 Å². The third-order valence-corrected chi connectivity index (χ3v) is 3.72. The summed E-state index contributed by atoms with van der Waals surface area (Å²) in [5.74, 6) is -1.83. The number of carbonyl (C=O) groups excluding carboxylic acids is 3. The van der Waals surface area contributed by atoms with E-state index >= 15 is 0 Å². The van der Waals surface area contributed by atoms with Gasteiger partial charge in [0.25, 0.3) is 11.8 Å². The summed E-state index contributed by atoms with van der Waals surface area (Å²) < 4.78 is 4.73. The Labute approximate surface area is 138 Å². The Kier molecular flexibility index (Phi) is 4.39. The van der Waals surface area contributed by atoms with Crippen LogP contribution in [0.2, 0.25) is 0 Å². The minimum atomic E-state index is -1.10. The molecular weight excluding hydrogens is 310 g/mol. The molecular formula is C18H15NO5. The molecule has 0 spiro atoms. The van der Waals surface area contributed by atoms with Gasteiger partial charge in [-0.1, -0.05) is 42.5 Å². The Morgan fingerprint density at radius 1 is 0.958 bits per heavy atom. The van der Waals surface area contributed by atoms with Gasteiger partial charge in [0.05, 0.1) is 18.2 Å². The Morgan fingerprint density at radius 3 is 2.04 bits per heavy atom. The van der Waals surface area contributed by atoms with E-state index < -0.39 is 23.9 Å². The van der Waals surface area contributed by atoms with Crippen molar-refractivity contribution in [2.24, 2.45) is 0 Å². The maximum Gasteiger partial charge on any atom is 0.338 e. The van der Waals surface area contributed by atoms with E-state index in [1.165, 1.54) is 7.11 Å². The standard InChI is InChI=1S/C18H15NO5/c1-23-18(22)15(11-12-7-3-2-4-8-12)24-19-16(20)13-9-5-6-10-14(13)17(19)21/h2-10,15H,11H2,1H3. The van der Waals surface area contributed by atoms with Crippen molar-refractivity contribution in [1.82, 2.24) is 5.06 Å². The molecule has 2 aromatic rings. The molecule has 0 bridgehead atoms. The van der Waals surface area contributed by atoms with Crippen molar-refractivity contribution in [3.63, 3.8) is 0 Å². The third kappa shape index (κ3) is 2.91. The second-order valence-corrected chi connectivity index (χ2v) is 5.26. The van der Waals surface area contributed by atoms with Crippen molar-refractivity contribution in [1.29, 1.82) is 0 Å². The average Bonchev–Trinajstić information content (AvgIpc) is 2.86. The first kappa shape index (κ1) is 15.9. The highest BCUT2D eigenvalue weighted by Gasteiger charge is 2.39. The van der Waals surface area contributed by atoms with Gasteiger partial charge in [-0.2, -0.15) is 0 Å². The van der Waals surface area contributed by atoms with Gasteiger partial charge in [0.1, 0.15) is 0 Å². The molecule has 24 heavy (non-hydrogen) atoms. The molecule has 6 nitrogen and oxygen atoms in total. The lowest BCUT2D eigenvalue weighted by atomic mass is 10.1. The van der Waals surface area contributed by atoms with E-state index in [1.807, 2.05) is 30.3 Å². The lowest BCUT2D eigenvalue weighted by Crippen LogP contribution is -2.39. The van der Waals surface area contributed by atoms with Crippen LogP contribution in [0.4, 0.5) is 0 Å². The SMILES string of the molecule is COC(=O)C(Cc1ccccc1)ON1C(=O)c2ccccc2C1=O. The summed E-state index contributed by atoms with van der Waals surface area (Å²) in [4.78, 5) is 42.1. The van der Waals surface area contributed by atoms with Crippen molar-refractivity contribution in [2.45, 2.75) is 12.5 Å². The summed E-state index contributed by atoms with van der Waals surface area (Å²) in [5.41, 5.74) is 1.33. The minimum absolute atomic E-state index is 0.181. The number of fused-ring (bicyclic) bond motifs is 1. The lowest BCUT2D eigenvalue weighted by molar-refractivity contribution is -0.177. The number of ether oxygens (including phenoxy) is 1. The highest BCUT2D eigenvalue weighted by atomic mass is 16.7. The number of methoxy groups -OCH3 is 1. The normalized spacial score (nSPS) is 14.5. The first-order chi connectivity index (χ1) is 11.6. The summed E-state index contributed by atoms with van der Waals surface area (Å²) in [6, 6.07) is 15.6. The van der Waals surface area contributed by atoms with Crippen LogP contribution in [-0.2, 0) is 20.8 Å². The molecule has 1 heterocycles. The first-order valence-electron chi connectivity index (χ1n) is 7.38. The number of hydroxylamine groups is 2. The minimum Gasteiger partial charge on any atom is -0.467 e. The molecule has 2 amide bonds. The van der Waals surface area contributed by atoms with E-state index in [0.717, 1.165) is 5.56 Å². The molecule has 1 unspecified atom stereocenters. The van der Waals surface area contributed by atoms with Gasteiger partial charge in [-0.05, 0) is 17.7 Å². The fourth-order valence-corrected chi connectivity index (χ4v) is 2.51. The Balaban J connectivity index is 1.82. The largest absolute Gasteiger partial charge is 0.467 e. The molecule has 0 fully saturated rings. The molecule has 2 aromatic carbocycles. The Morgan fingerprint density at radius 2 is 1.50 bits per heavy atom. The van der Waals surface area contributed by atoms with Crippen molar-refractivity contribution in [2.75, 3.05) is 7.11 Å². The molecule has 3 rings (SSSR count). The van der Waals surface area contributed by atoms with Crippen molar-refractivity contribution < 1.29 is 24.0 Å². The van der Waals surface area contributed by atoms with Gasteiger partial charge >= 0.3 is 5.97 Å². The average molecular weight is 325 g/mol. The highest BCUT2D eigenvalue weighted by Crippen LogP contribution is 2.24. The molecule has 0 aliphatic carbocycles. The number of hydrogen-bond acceptors (Lipinski definition) is 5. The van der Waals surface area contributed by atoms with E-state index in [1.54, 1.807) is 24.3 Å². The van der Waals surface area contributed by atoms with Crippen LogP contribution in [0.15, 0.2) is 54.6 Å². The monoisotopic (exact) mass is 325 g/mol. The van der Waals surface area contributed by atoms with Gasteiger partial charge in [0.15, 0.2) is 6.10 Å². The van der Waals surface area contributed by atoms with Crippen molar-refractivity contribution in [3.05, 3.63) is 71.3 Å². The molecule has 0 radical (unpaired) electrons. The highest BCUT2D eigenvalue weighted by molar-refractivity contribution is 6.20. The Bertz CT molecular complexity index is 752. The number of rotatable bonds is 5. The Hall–Kier alpha value is -2.99. The summed E-state index contributed by atoms with van der Waals surface area (Å²) in [5, 5.41) is 0.634. The van der Waals surface area contributed by atoms with E-state index in [0.29, 0.717) is 5.06 Å². The molecule has 6 heteroatoms. The molecule has 0 N–H and O–H groups in total. The molecule has 0 aromatic heterocycles. The lowest BCUT2D eigenvalue weighted by Gasteiger charge is -2.20. The number of carbonyl (C=O) groups is 3. The van der Waals surface area contributed by atoms with Gasteiger partial charge in [-0.15, -0.1) is 5.06 Å². The number of imide groups is 1. The smallest absolute Gasteiger partial charge is 0.338 e. The maximum absolute atomic E-state index is 12.3. The predicted octanol–water partition coefficient (Wildman–Crippen LogP) is 2.00. The van der Waals surface area contributed by atoms with Gasteiger partial charge in [0.2, 0.25) is 0 Å². The zero-order valence-corrected chi connectivity index (χ0v) is 13.0. The van der Waals surface area contributed by atoms with Crippen LogP contribution in [-0.4, -0.2) is 36.1 Å². The maximum atomic E-state index is 12.3. The fourth-order valence-electron chi connectivity index (χ4n) is 2.51. The van der Waals surface area contributed by atoms with Crippen molar-refractivity contribution >= 4 is 17.8 Å². The van der Waals surface area contributed by atoms with Gasteiger partial charge in [-0.3, -0.25) is 9.59 Å². The van der Waals surface area contributed by atoms with Crippen LogP contribution in [0.25, 0.3) is 0 Å². The summed E-state index contributed by atoms with van der Waals surface area (Å²) in [6.07, 6.45) is -0.916. The van der Waals surface area contributed by atoms with Crippen molar-refractivity contribution in [3.8, 4) is 0 Å². The topological polar surface area (TPSA) is 72.9 Å². The molecule has 122 valence electrons. The second kappa shape index (κ2) is 6.64. The van der Waals surface area contributed by atoms with Gasteiger partial charge < -0.3 is 4.74 Å². The van der Waals surface area contributed by atoms with E-state index in [2.05, 4.69) is 0 Å². The predicted molar refractivity (Wildman–Crippen MR) is 84.0 cm³/mol. The number of nitrogens with zero attached hydrogens (tertiary/aromatic N) is 1. The van der Waals surface area contributed by atoms with E-state index in [-0.39, 0.29) is 17.5 Å². The number of benzene rings is 2. The van der Waals surface area contributed by atoms with Crippen LogP contribution in [0, 0.1) is 0 Å². The van der Waals surface area contributed by atoms with Crippen LogP contribution in [0.3, 0.4) is 0 Å². The number of hydrogen-bond donors (Lipinski definition) is 0. The molecule has 1 aliphatic heterocycles. The van der Waals surface area contributed by atoms with Gasteiger partial charge in [0, 0.05) is 6.42 Å². The first-order valence-corrected chi connectivity index (χ1v) is 7.38. The summed E-state index contributed by atoms with van der Waals surface area (Å²) in [7, 11) is 1.23. The summed E-state index contributed by atoms with van der Waals surface area (Å²) in [6.45, 7) is 0. The van der Waals surface area contributed by atoms with Crippen LogP contribution < -0.4 is 0 Å². The van der Waals surface area contributed by atoms with Crippen LogP contribution >= 0.6 is 0 Å². The van der Waals surface area contributed by atoms with Crippen LogP contribution in [0.1, 0.15) is 26.3 Å². The second-order valence-electron chi connectivity index (χ2n) is 5.26. The van der Waals surface area contributed by atoms with E-state index in [9.17, 15) is 14.4 Å². The molecule has 0 saturated heterocycles. The number of amides is 2. The zero-order valence-electron chi connectivity index (χ0n) is 13.0.